The summed E-state index contributed by atoms with van der Waals surface area (Å²) < 4.78 is 0. The summed E-state index contributed by atoms with van der Waals surface area (Å²) in [6.45, 7) is 4.59. The van der Waals surface area contributed by atoms with Crippen LogP contribution in [0.4, 0.5) is 0 Å². The standard InChI is InChI=1S/C34H22/c1-19-25-11-13-28-32-18-24-10-6-4-8-22(24)16-30(32)20(2)26-12-14-27(33(25)34(26)28)31-17-23-9-5-3-7-21(23)15-29(19)31/h3-18H,1-2H3. The fourth-order valence-corrected chi connectivity index (χ4v) is 6.41. The van der Waals surface area contributed by atoms with Gasteiger partial charge in [0.05, 0.1) is 0 Å². The van der Waals surface area contributed by atoms with Crippen LogP contribution in [0.25, 0.3) is 75.4 Å². The summed E-state index contributed by atoms with van der Waals surface area (Å²) in [5.74, 6) is 0. The van der Waals surface area contributed by atoms with Crippen molar-refractivity contribution in [2.24, 2.45) is 0 Å². The highest BCUT2D eigenvalue weighted by molar-refractivity contribution is 6.35. The molecule has 0 bridgehead atoms. The van der Waals surface area contributed by atoms with Crippen molar-refractivity contribution < 1.29 is 0 Å². The Hall–Kier alpha value is -4.16. The summed E-state index contributed by atoms with van der Waals surface area (Å²) in [7, 11) is 0. The Kier molecular flexibility index (Phi) is 3.36. The molecule has 0 fully saturated rings. The summed E-state index contributed by atoms with van der Waals surface area (Å²) in [6.07, 6.45) is 0. The molecule has 8 aromatic carbocycles. The summed E-state index contributed by atoms with van der Waals surface area (Å²) in [4.78, 5) is 0. The van der Waals surface area contributed by atoms with Gasteiger partial charge in [0.1, 0.15) is 0 Å². The molecule has 8 aromatic rings. The van der Waals surface area contributed by atoms with E-state index in [2.05, 4.69) is 111 Å². The molecule has 0 aliphatic heterocycles. The van der Waals surface area contributed by atoms with Crippen LogP contribution in [0.5, 0.6) is 0 Å². The molecule has 0 heterocycles. The second kappa shape index (κ2) is 6.24. The van der Waals surface area contributed by atoms with Crippen molar-refractivity contribution in [1.29, 1.82) is 0 Å². The average Bonchev–Trinajstić information content (AvgIpc) is 2.88. The van der Waals surface area contributed by atoms with Gasteiger partial charge in [-0.1, -0.05) is 72.8 Å². The molecule has 34 heavy (non-hydrogen) atoms. The predicted octanol–water partition coefficient (Wildman–Crippen LogP) is 9.81. The van der Waals surface area contributed by atoms with Gasteiger partial charge in [0, 0.05) is 0 Å². The van der Waals surface area contributed by atoms with Crippen molar-refractivity contribution in [2.45, 2.75) is 13.8 Å². The molecule has 0 aliphatic rings. The Morgan fingerprint density at radius 2 is 0.647 bits per heavy atom. The molecule has 0 nitrogen and oxygen atoms in total. The smallest absolute Gasteiger partial charge is 0.00174 e. The molecular weight excluding hydrogens is 408 g/mol. The van der Waals surface area contributed by atoms with Crippen LogP contribution in [0.1, 0.15) is 11.1 Å². The normalized spacial score (nSPS) is 12.4. The molecule has 8 rings (SSSR count). The second-order valence-corrected chi connectivity index (χ2v) is 9.81. The van der Waals surface area contributed by atoms with Crippen LogP contribution in [0.15, 0.2) is 97.1 Å². The van der Waals surface area contributed by atoms with Crippen molar-refractivity contribution >= 4 is 75.4 Å². The van der Waals surface area contributed by atoms with Gasteiger partial charge in [-0.25, -0.2) is 0 Å². The number of benzene rings is 8. The average molecular weight is 431 g/mol. The van der Waals surface area contributed by atoms with E-state index < -0.39 is 0 Å². The maximum atomic E-state index is 2.39. The van der Waals surface area contributed by atoms with Crippen molar-refractivity contribution in [3.63, 3.8) is 0 Å². The highest BCUT2D eigenvalue weighted by atomic mass is 14.2. The Morgan fingerprint density at radius 3 is 1.03 bits per heavy atom. The molecule has 0 saturated carbocycles. The summed E-state index contributed by atoms with van der Waals surface area (Å²) in [5.41, 5.74) is 2.75. The lowest BCUT2D eigenvalue weighted by atomic mass is 9.84. The van der Waals surface area contributed by atoms with Gasteiger partial charge >= 0.3 is 0 Å². The van der Waals surface area contributed by atoms with Crippen LogP contribution in [-0.4, -0.2) is 0 Å². The zero-order valence-electron chi connectivity index (χ0n) is 19.2. The van der Waals surface area contributed by atoms with E-state index in [0.29, 0.717) is 0 Å². The van der Waals surface area contributed by atoms with Gasteiger partial charge in [-0.2, -0.15) is 0 Å². The summed E-state index contributed by atoms with van der Waals surface area (Å²) in [6, 6.07) is 36.4. The molecule has 0 heteroatoms. The van der Waals surface area contributed by atoms with E-state index in [1.54, 1.807) is 0 Å². The van der Waals surface area contributed by atoms with E-state index in [4.69, 9.17) is 0 Å². The van der Waals surface area contributed by atoms with Gasteiger partial charge in [-0.3, -0.25) is 0 Å². The topological polar surface area (TPSA) is 0 Å². The number of hydrogen-bond donors (Lipinski definition) is 0. The fraction of sp³-hybridized carbons (Fsp3) is 0.0588. The summed E-state index contributed by atoms with van der Waals surface area (Å²) in [5, 5.41) is 18.9. The molecule has 0 N–H and O–H groups in total. The molecule has 0 unspecified atom stereocenters. The van der Waals surface area contributed by atoms with Gasteiger partial charge in [0.2, 0.25) is 0 Å². The van der Waals surface area contributed by atoms with Crippen LogP contribution in [-0.2, 0) is 0 Å². The minimum Gasteiger partial charge on any atom is -0.0616 e. The first-order valence-electron chi connectivity index (χ1n) is 12.0. The minimum atomic E-state index is 1.30. The molecule has 0 aromatic heterocycles. The Bertz CT molecular complexity index is 1970. The molecule has 0 amide bonds. The van der Waals surface area contributed by atoms with E-state index in [0.717, 1.165) is 0 Å². The van der Waals surface area contributed by atoms with Gasteiger partial charge in [-0.05, 0) is 125 Å². The van der Waals surface area contributed by atoms with Crippen molar-refractivity contribution in [3.8, 4) is 0 Å². The van der Waals surface area contributed by atoms with Gasteiger partial charge in [-0.15, -0.1) is 0 Å². The maximum absolute atomic E-state index is 2.39. The maximum Gasteiger partial charge on any atom is -0.00174 e. The Labute approximate surface area is 197 Å². The third-order valence-electron chi connectivity index (χ3n) is 8.13. The SMILES string of the molecule is Cc1c2cc3ccccc3cc2c2ccc3c(C)c4cc5ccccc5cc4c4ccc1c2c34. The molecule has 0 radical (unpaired) electrons. The Balaban J connectivity index is 1.66. The lowest BCUT2D eigenvalue weighted by Gasteiger charge is -2.19. The van der Waals surface area contributed by atoms with Crippen molar-refractivity contribution in [2.75, 3.05) is 0 Å². The molecule has 0 atom stereocenters. The number of rotatable bonds is 0. The highest BCUT2D eigenvalue weighted by Gasteiger charge is 2.18. The minimum absolute atomic E-state index is 1.30. The second-order valence-electron chi connectivity index (χ2n) is 9.81. The zero-order valence-corrected chi connectivity index (χ0v) is 19.2. The first kappa shape index (κ1) is 18.3. The first-order chi connectivity index (χ1) is 16.7. The van der Waals surface area contributed by atoms with Crippen molar-refractivity contribution in [3.05, 3.63) is 108 Å². The van der Waals surface area contributed by atoms with Crippen LogP contribution in [0.3, 0.4) is 0 Å². The quantitative estimate of drug-likeness (QED) is 0.166. The highest BCUT2D eigenvalue weighted by Crippen LogP contribution is 2.45. The van der Waals surface area contributed by atoms with Crippen molar-refractivity contribution in [1.82, 2.24) is 0 Å². The van der Waals surface area contributed by atoms with E-state index in [1.807, 2.05) is 0 Å². The van der Waals surface area contributed by atoms with Gasteiger partial charge < -0.3 is 0 Å². The lowest BCUT2D eigenvalue weighted by Crippen LogP contribution is -1.93. The summed E-state index contributed by atoms with van der Waals surface area (Å²) >= 11 is 0. The fourth-order valence-electron chi connectivity index (χ4n) is 6.41. The first-order valence-corrected chi connectivity index (χ1v) is 12.0. The molecule has 0 saturated heterocycles. The van der Waals surface area contributed by atoms with E-state index >= 15 is 0 Å². The molecule has 0 aliphatic carbocycles. The van der Waals surface area contributed by atoms with Gasteiger partial charge in [0.15, 0.2) is 0 Å². The van der Waals surface area contributed by atoms with Crippen LogP contribution >= 0.6 is 0 Å². The predicted molar refractivity (Wildman–Crippen MR) is 150 cm³/mol. The monoisotopic (exact) mass is 430 g/mol. The number of aryl methyl sites for hydroxylation is 2. The number of fused-ring (bicyclic) bond motifs is 6. The van der Waals surface area contributed by atoms with E-state index in [1.165, 1.54) is 86.5 Å². The van der Waals surface area contributed by atoms with Crippen LogP contribution in [0.2, 0.25) is 0 Å². The molecular formula is C34H22. The van der Waals surface area contributed by atoms with Gasteiger partial charge in [0.25, 0.3) is 0 Å². The van der Waals surface area contributed by atoms with E-state index in [9.17, 15) is 0 Å². The third-order valence-corrected chi connectivity index (χ3v) is 8.13. The molecule has 158 valence electrons. The van der Waals surface area contributed by atoms with Crippen LogP contribution in [0, 0.1) is 13.8 Å². The number of hydrogen-bond acceptors (Lipinski definition) is 0. The van der Waals surface area contributed by atoms with E-state index in [-0.39, 0.29) is 0 Å². The van der Waals surface area contributed by atoms with Crippen LogP contribution < -0.4 is 0 Å². The Morgan fingerprint density at radius 1 is 0.324 bits per heavy atom. The molecule has 0 spiro atoms. The third kappa shape index (κ3) is 2.18. The largest absolute Gasteiger partial charge is 0.0616 e. The lowest BCUT2D eigenvalue weighted by molar-refractivity contribution is 1.59. The zero-order chi connectivity index (χ0) is 22.6.